The lowest BCUT2D eigenvalue weighted by Gasteiger charge is -2.32. The molecule has 0 unspecified atom stereocenters. The number of aromatic nitrogens is 2. The third-order valence-corrected chi connectivity index (χ3v) is 2.79. The predicted octanol–water partition coefficient (Wildman–Crippen LogP) is 0.535. The highest BCUT2D eigenvalue weighted by Crippen LogP contribution is 2.26. The van der Waals surface area contributed by atoms with Crippen molar-refractivity contribution in [2.75, 3.05) is 5.32 Å². The maximum Gasteiger partial charge on any atom is 0.142 e. The van der Waals surface area contributed by atoms with Crippen molar-refractivity contribution in [2.45, 2.75) is 31.9 Å². The maximum atomic E-state index is 9.17. The summed E-state index contributed by atoms with van der Waals surface area (Å²) >= 11 is 0. The molecule has 0 amide bonds. The fourth-order valence-electron chi connectivity index (χ4n) is 1.86. The molecule has 1 aromatic heterocycles. The molecule has 1 aliphatic carbocycles. The second-order valence-electron chi connectivity index (χ2n) is 4.01. The summed E-state index contributed by atoms with van der Waals surface area (Å²) in [4.78, 5) is 0. The summed E-state index contributed by atoms with van der Waals surface area (Å²) < 4.78 is 1.68. The molecule has 2 N–H and O–H groups in total. The molecule has 5 nitrogen and oxygen atoms in total. The highest BCUT2D eigenvalue weighted by molar-refractivity contribution is 5.55. The number of nitriles is 1. The van der Waals surface area contributed by atoms with Gasteiger partial charge in [-0.2, -0.15) is 10.4 Å². The van der Waals surface area contributed by atoms with E-state index in [0.717, 1.165) is 24.4 Å². The zero-order valence-electron chi connectivity index (χ0n) is 8.86. The Kier molecular flexibility index (Phi) is 2.37. The van der Waals surface area contributed by atoms with Crippen molar-refractivity contribution in [3.8, 4) is 6.07 Å². The SMILES string of the molecule is Cc1nn(C)c(NC2CC(O)C2)c1C#N. The van der Waals surface area contributed by atoms with Crippen LogP contribution in [0.15, 0.2) is 0 Å². The van der Waals surface area contributed by atoms with Gasteiger partial charge in [-0.1, -0.05) is 0 Å². The Morgan fingerprint density at radius 3 is 2.80 bits per heavy atom. The molecule has 5 heteroatoms. The average molecular weight is 206 g/mol. The second-order valence-corrected chi connectivity index (χ2v) is 4.01. The van der Waals surface area contributed by atoms with Crippen LogP contribution in [0.1, 0.15) is 24.1 Å². The lowest BCUT2D eigenvalue weighted by atomic mass is 9.89. The van der Waals surface area contributed by atoms with Gasteiger partial charge in [0, 0.05) is 13.1 Å². The number of rotatable bonds is 2. The third kappa shape index (κ3) is 1.68. The number of hydrogen-bond acceptors (Lipinski definition) is 4. The average Bonchev–Trinajstić information content (AvgIpc) is 2.39. The van der Waals surface area contributed by atoms with Crippen LogP contribution in [0.25, 0.3) is 0 Å². The third-order valence-electron chi connectivity index (χ3n) is 2.79. The van der Waals surface area contributed by atoms with Gasteiger partial charge >= 0.3 is 0 Å². The maximum absolute atomic E-state index is 9.17. The van der Waals surface area contributed by atoms with Crippen molar-refractivity contribution in [2.24, 2.45) is 7.05 Å². The molecule has 1 fully saturated rings. The van der Waals surface area contributed by atoms with E-state index in [4.69, 9.17) is 10.4 Å². The molecule has 2 rings (SSSR count). The zero-order chi connectivity index (χ0) is 11.0. The summed E-state index contributed by atoms with van der Waals surface area (Å²) in [6.45, 7) is 1.82. The van der Waals surface area contributed by atoms with Gasteiger partial charge in [0.1, 0.15) is 17.5 Å². The first-order valence-electron chi connectivity index (χ1n) is 5.00. The van der Waals surface area contributed by atoms with Crippen molar-refractivity contribution < 1.29 is 5.11 Å². The molecule has 1 saturated carbocycles. The number of nitrogens with one attached hydrogen (secondary N) is 1. The van der Waals surface area contributed by atoms with Crippen molar-refractivity contribution in [1.82, 2.24) is 9.78 Å². The topological polar surface area (TPSA) is 73.9 Å². The molecule has 1 heterocycles. The minimum Gasteiger partial charge on any atom is -0.393 e. The predicted molar refractivity (Wildman–Crippen MR) is 55.3 cm³/mol. The Hall–Kier alpha value is -1.54. The van der Waals surface area contributed by atoms with Crippen LogP contribution >= 0.6 is 0 Å². The molecule has 0 bridgehead atoms. The number of aliphatic hydroxyl groups excluding tert-OH is 1. The van der Waals surface area contributed by atoms with Crippen molar-refractivity contribution >= 4 is 5.82 Å². The molecule has 1 aliphatic rings. The summed E-state index contributed by atoms with van der Waals surface area (Å²) in [6.07, 6.45) is 1.30. The second kappa shape index (κ2) is 3.55. The Morgan fingerprint density at radius 2 is 2.27 bits per heavy atom. The van der Waals surface area contributed by atoms with Gasteiger partial charge in [-0.3, -0.25) is 4.68 Å². The van der Waals surface area contributed by atoms with Crippen molar-refractivity contribution in [3.05, 3.63) is 11.3 Å². The van der Waals surface area contributed by atoms with Crippen LogP contribution in [0.5, 0.6) is 0 Å². The van der Waals surface area contributed by atoms with E-state index in [1.54, 1.807) is 4.68 Å². The lowest BCUT2D eigenvalue weighted by molar-refractivity contribution is 0.0834. The summed E-state index contributed by atoms with van der Waals surface area (Å²) in [5, 5.41) is 25.6. The van der Waals surface area contributed by atoms with Gasteiger partial charge < -0.3 is 10.4 Å². The van der Waals surface area contributed by atoms with Crippen LogP contribution in [-0.4, -0.2) is 27.0 Å². The van der Waals surface area contributed by atoms with Crippen LogP contribution in [0.4, 0.5) is 5.82 Å². The molecule has 0 spiro atoms. The summed E-state index contributed by atoms with van der Waals surface area (Å²) in [6, 6.07) is 2.41. The van der Waals surface area contributed by atoms with E-state index < -0.39 is 0 Å². The molecule has 0 aliphatic heterocycles. The monoisotopic (exact) mass is 206 g/mol. The highest BCUT2D eigenvalue weighted by Gasteiger charge is 2.28. The van der Waals surface area contributed by atoms with E-state index in [-0.39, 0.29) is 12.1 Å². The van der Waals surface area contributed by atoms with Crippen LogP contribution in [0, 0.1) is 18.3 Å². The van der Waals surface area contributed by atoms with Gasteiger partial charge in [0.05, 0.1) is 11.8 Å². The van der Waals surface area contributed by atoms with Gasteiger partial charge in [0.15, 0.2) is 0 Å². The van der Waals surface area contributed by atoms with E-state index in [1.807, 2.05) is 14.0 Å². The standard InChI is InChI=1S/C10H14N4O/c1-6-9(5-11)10(14(2)13-6)12-7-3-8(15)4-7/h7-8,12,15H,3-4H2,1-2H3. The molecule has 0 radical (unpaired) electrons. The first-order valence-corrected chi connectivity index (χ1v) is 5.00. The summed E-state index contributed by atoms with van der Waals surface area (Å²) in [5.74, 6) is 0.756. The fraction of sp³-hybridized carbons (Fsp3) is 0.600. The molecular weight excluding hydrogens is 192 g/mol. The van der Waals surface area contributed by atoms with Gasteiger partial charge in [-0.05, 0) is 19.8 Å². The van der Waals surface area contributed by atoms with E-state index in [9.17, 15) is 0 Å². The van der Waals surface area contributed by atoms with Crippen LogP contribution in [0.3, 0.4) is 0 Å². The molecular formula is C10H14N4O. The van der Waals surface area contributed by atoms with Crippen LogP contribution < -0.4 is 5.32 Å². The normalized spacial score (nSPS) is 24.4. The molecule has 80 valence electrons. The van der Waals surface area contributed by atoms with Gasteiger partial charge in [-0.25, -0.2) is 0 Å². The quantitative estimate of drug-likeness (QED) is 0.740. The molecule has 0 atom stereocenters. The van der Waals surface area contributed by atoms with Gasteiger partial charge in [-0.15, -0.1) is 0 Å². The van der Waals surface area contributed by atoms with Crippen molar-refractivity contribution in [1.29, 1.82) is 5.26 Å². The van der Waals surface area contributed by atoms with Crippen LogP contribution in [0.2, 0.25) is 0 Å². The Labute approximate surface area is 88.3 Å². The van der Waals surface area contributed by atoms with Gasteiger partial charge in [0.2, 0.25) is 0 Å². The molecule has 0 aromatic carbocycles. The van der Waals surface area contributed by atoms with Crippen LogP contribution in [-0.2, 0) is 7.05 Å². The zero-order valence-corrected chi connectivity index (χ0v) is 8.86. The van der Waals surface area contributed by atoms with E-state index in [2.05, 4.69) is 16.5 Å². The minimum absolute atomic E-state index is 0.192. The van der Waals surface area contributed by atoms with Gasteiger partial charge in [0.25, 0.3) is 0 Å². The Morgan fingerprint density at radius 1 is 1.60 bits per heavy atom. The van der Waals surface area contributed by atoms with E-state index in [0.29, 0.717) is 5.56 Å². The Bertz CT molecular complexity index is 412. The summed E-state index contributed by atoms with van der Waals surface area (Å²) in [7, 11) is 1.81. The number of nitrogens with zero attached hydrogens (tertiary/aromatic N) is 3. The first kappa shape index (κ1) is 9.99. The number of anilines is 1. The largest absolute Gasteiger partial charge is 0.393 e. The molecule has 0 saturated heterocycles. The molecule has 15 heavy (non-hydrogen) atoms. The number of aryl methyl sites for hydroxylation is 2. The highest BCUT2D eigenvalue weighted by atomic mass is 16.3. The van der Waals surface area contributed by atoms with E-state index >= 15 is 0 Å². The Balaban J connectivity index is 2.17. The summed E-state index contributed by atoms with van der Waals surface area (Å²) in [5.41, 5.74) is 1.33. The number of aliphatic hydroxyl groups is 1. The first-order chi connectivity index (χ1) is 7.11. The smallest absolute Gasteiger partial charge is 0.142 e. The van der Waals surface area contributed by atoms with Crippen molar-refractivity contribution in [3.63, 3.8) is 0 Å². The fourth-order valence-corrected chi connectivity index (χ4v) is 1.86. The number of hydrogen-bond donors (Lipinski definition) is 2. The molecule has 1 aromatic rings. The minimum atomic E-state index is -0.192. The lowest BCUT2D eigenvalue weighted by Crippen LogP contribution is -2.39. The van der Waals surface area contributed by atoms with E-state index in [1.165, 1.54) is 0 Å².